The minimum absolute atomic E-state index is 0.360. The first-order chi connectivity index (χ1) is 15.5. The van der Waals surface area contributed by atoms with Gasteiger partial charge in [-0.05, 0) is 97.7 Å². The lowest BCUT2D eigenvalue weighted by Gasteiger charge is -2.22. The average molecular weight is 462 g/mol. The number of aromatic nitrogens is 1. The molecule has 0 radical (unpaired) electrons. The SMILES string of the molecule is Cc1cc(C)c(-c2c(C#N)c(N)nc3c2CCCCCC3)cc1CSc1ccc(Cl)cc1. The van der Waals surface area contributed by atoms with Gasteiger partial charge in [-0.2, -0.15) is 5.26 Å². The van der Waals surface area contributed by atoms with Crippen molar-refractivity contribution in [3.05, 3.63) is 74.9 Å². The second kappa shape index (κ2) is 9.98. The van der Waals surface area contributed by atoms with E-state index < -0.39 is 0 Å². The molecular formula is C27H28ClN3S. The van der Waals surface area contributed by atoms with Crippen LogP contribution in [0.25, 0.3) is 11.1 Å². The average Bonchev–Trinajstić information content (AvgIpc) is 2.75. The molecule has 0 unspecified atom stereocenters. The molecule has 0 saturated carbocycles. The normalized spacial score (nSPS) is 13.7. The van der Waals surface area contributed by atoms with E-state index in [1.54, 1.807) is 11.8 Å². The van der Waals surface area contributed by atoms with Gasteiger partial charge in [0.15, 0.2) is 0 Å². The van der Waals surface area contributed by atoms with Gasteiger partial charge in [0.05, 0.1) is 0 Å². The fraction of sp³-hybridized carbons (Fsp3) is 0.333. The summed E-state index contributed by atoms with van der Waals surface area (Å²) in [4.78, 5) is 5.85. The van der Waals surface area contributed by atoms with E-state index in [0.29, 0.717) is 11.4 Å². The number of hydrogen-bond donors (Lipinski definition) is 1. The Morgan fingerprint density at radius 2 is 1.75 bits per heavy atom. The molecule has 1 heterocycles. The maximum absolute atomic E-state index is 9.99. The predicted molar refractivity (Wildman–Crippen MR) is 135 cm³/mol. The van der Waals surface area contributed by atoms with Gasteiger partial charge in [0.25, 0.3) is 0 Å². The van der Waals surface area contributed by atoms with Gasteiger partial charge in [-0.3, -0.25) is 0 Å². The molecule has 0 amide bonds. The maximum atomic E-state index is 9.99. The van der Waals surface area contributed by atoms with Crippen molar-refractivity contribution < 1.29 is 0 Å². The monoisotopic (exact) mass is 461 g/mol. The van der Waals surface area contributed by atoms with E-state index in [9.17, 15) is 5.26 Å². The molecule has 3 aromatic rings. The van der Waals surface area contributed by atoms with E-state index >= 15 is 0 Å². The fourth-order valence-electron chi connectivity index (χ4n) is 4.54. The van der Waals surface area contributed by atoms with E-state index in [2.05, 4.69) is 49.2 Å². The molecule has 0 spiro atoms. The zero-order valence-corrected chi connectivity index (χ0v) is 20.2. The molecule has 1 aliphatic carbocycles. The zero-order valence-electron chi connectivity index (χ0n) is 18.7. The molecule has 1 aliphatic rings. The van der Waals surface area contributed by atoms with Crippen LogP contribution in [-0.2, 0) is 18.6 Å². The summed E-state index contributed by atoms with van der Waals surface area (Å²) in [6, 6.07) is 14.8. The van der Waals surface area contributed by atoms with Crippen LogP contribution < -0.4 is 5.73 Å². The van der Waals surface area contributed by atoms with Crippen molar-refractivity contribution in [1.29, 1.82) is 5.26 Å². The molecule has 32 heavy (non-hydrogen) atoms. The number of fused-ring (bicyclic) bond motifs is 1. The highest BCUT2D eigenvalue weighted by Gasteiger charge is 2.22. The standard InChI is InChI=1S/C27H28ClN3S/c1-17-13-18(2)23(14-19(17)16-32-21-11-9-20(28)10-12-21)26-22-7-5-3-4-6-8-25(22)31-27(30)24(26)15-29/h9-14H,3-8,16H2,1-2H3,(H2,30,31). The van der Waals surface area contributed by atoms with Crippen LogP contribution in [0.3, 0.4) is 0 Å². The quantitative estimate of drug-likeness (QED) is 0.410. The Balaban J connectivity index is 1.80. The van der Waals surface area contributed by atoms with Crippen molar-refractivity contribution in [2.75, 3.05) is 5.73 Å². The van der Waals surface area contributed by atoms with Crippen LogP contribution in [0, 0.1) is 25.2 Å². The highest BCUT2D eigenvalue weighted by atomic mass is 35.5. The number of hydrogen-bond acceptors (Lipinski definition) is 4. The first kappa shape index (κ1) is 22.7. The first-order valence-corrected chi connectivity index (χ1v) is 12.5. The predicted octanol–water partition coefficient (Wildman–Crippen LogP) is 7.42. The summed E-state index contributed by atoms with van der Waals surface area (Å²) < 4.78 is 0. The van der Waals surface area contributed by atoms with Crippen LogP contribution >= 0.6 is 23.4 Å². The van der Waals surface area contributed by atoms with Gasteiger partial charge < -0.3 is 5.73 Å². The Morgan fingerprint density at radius 1 is 1.03 bits per heavy atom. The van der Waals surface area contributed by atoms with Crippen molar-refractivity contribution in [3.63, 3.8) is 0 Å². The van der Waals surface area contributed by atoms with Crippen LogP contribution in [0.15, 0.2) is 41.3 Å². The topological polar surface area (TPSA) is 62.7 Å². The lowest BCUT2D eigenvalue weighted by Crippen LogP contribution is -2.10. The highest BCUT2D eigenvalue weighted by Crippen LogP contribution is 2.38. The summed E-state index contributed by atoms with van der Waals surface area (Å²) in [7, 11) is 0. The summed E-state index contributed by atoms with van der Waals surface area (Å²) in [6.45, 7) is 4.29. The van der Waals surface area contributed by atoms with Gasteiger partial charge >= 0.3 is 0 Å². The van der Waals surface area contributed by atoms with E-state index in [4.69, 9.17) is 17.3 Å². The van der Waals surface area contributed by atoms with Crippen molar-refractivity contribution in [2.24, 2.45) is 0 Å². The minimum Gasteiger partial charge on any atom is -0.383 e. The molecule has 2 aromatic carbocycles. The number of nitrogen functional groups attached to an aromatic ring is 1. The summed E-state index contributed by atoms with van der Waals surface area (Å²) in [5.41, 5.74) is 14.9. The molecule has 1 aromatic heterocycles. The lowest BCUT2D eigenvalue weighted by atomic mass is 9.85. The van der Waals surface area contributed by atoms with Gasteiger partial charge in [0, 0.05) is 26.9 Å². The molecular weight excluding hydrogens is 434 g/mol. The molecule has 164 valence electrons. The second-order valence-corrected chi connectivity index (χ2v) is 10.0. The number of nitrogens with two attached hydrogens (primary N) is 1. The number of aryl methyl sites for hydroxylation is 3. The molecule has 0 fully saturated rings. The third-order valence-corrected chi connectivity index (χ3v) is 7.59. The molecule has 5 heteroatoms. The molecule has 0 saturated heterocycles. The fourth-order valence-corrected chi connectivity index (χ4v) is 5.63. The number of benzene rings is 2. The Kier molecular flexibility index (Phi) is 7.08. The third kappa shape index (κ3) is 4.80. The third-order valence-electron chi connectivity index (χ3n) is 6.27. The van der Waals surface area contributed by atoms with Crippen LogP contribution in [-0.4, -0.2) is 4.98 Å². The number of rotatable bonds is 4. The summed E-state index contributed by atoms with van der Waals surface area (Å²) in [5.74, 6) is 1.21. The van der Waals surface area contributed by atoms with E-state index in [1.807, 2.05) is 12.1 Å². The molecule has 4 rings (SSSR count). The van der Waals surface area contributed by atoms with Crippen molar-refractivity contribution in [3.8, 4) is 17.2 Å². The van der Waals surface area contributed by atoms with Gasteiger partial charge in [-0.25, -0.2) is 4.98 Å². The van der Waals surface area contributed by atoms with Crippen LogP contribution in [0.2, 0.25) is 5.02 Å². The summed E-state index contributed by atoms with van der Waals surface area (Å²) in [6.07, 6.45) is 6.59. The van der Waals surface area contributed by atoms with Gasteiger partial charge in [0.1, 0.15) is 17.5 Å². The smallest absolute Gasteiger partial charge is 0.142 e. The van der Waals surface area contributed by atoms with Crippen LogP contribution in [0.1, 0.15) is 59.2 Å². The van der Waals surface area contributed by atoms with Crippen LogP contribution in [0.5, 0.6) is 0 Å². The maximum Gasteiger partial charge on any atom is 0.142 e. The summed E-state index contributed by atoms with van der Waals surface area (Å²) in [5, 5.41) is 10.7. The van der Waals surface area contributed by atoms with Crippen molar-refractivity contribution >= 4 is 29.2 Å². The Morgan fingerprint density at radius 3 is 2.47 bits per heavy atom. The lowest BCUT2D eigenvalue weighted by molar-refractivity contribution is 0.610. The number of nitriles is 1. The van der Waals surface area contributed by atoms with Crippen molar-refractivity contribution in [2.45, 2.75) is 63.0 Å². The van der Waals surface area contributed by atoms with Crippen LogP contribution in [0.4, 0.5) is 5.82 Å². The molecule has 0 aliphatic heterocycles. The number of nitrogens with zero attached hydrogens (tertiary/aromatic N) is 2. The second-order valence-electron chi connectivity index (χ2n) is 8.53. The Labute approximate surface area is 200 Å². The largest absolute Gasteiger partial charge is 0.383 e. The zero-order chi connectivity index (χ0) is 22.7. The molecule has 3 nitrogen and oxygen atoms in total. The molecule has 2 N–H and O–H groups in total. The number of anilines is 1. The van der Waals surface area contributed by atoms with E-state index in [1.165, 1.54) is 40.0 Å². The molecule has 0 atom stereocenters. The van der Waals surface area contributed by atoms with E-state index in [0.717, 1.165) is 53.3 Å². The van der Waals surface area contributed by atoms with Gasteiger partial charge in [-0.15, -0.1) is 11.8 Å². The van der Waals surface area contributed by atoms with Gasteiger partial charge in [0.2, 0.25) is 0 Å². The summed E-state index contributed by atoms with van der Waals surface area (Å²) >= 11 is 7.82. The molecule has 0 bridgehead atoms. The number of pyridine rings is 1. The Bertz CT molecular complexity index is 1180. The van der Waals surface area contributed by atoms with Crippen molar-refractivity contribution in [1.82, 2.24) is 4.98 Å². The van der Waals surface area contributed by atoms with Gasteiger partial charge in [-0.1, -0.05) is 30.5 Å². The minimum atomic E-state index is 0.360. The first-order valence-electron chi connectivity index (χ1n) is 11.2. The Hall–Kier alpha value is -2.48. The number of thioether (sulfide) groups is 1. The number of halogens is 1. The van der Waals surface area contributed by atoms with E-state index in [-0.39, 0.29) is 0 Å². The highest BCUT2D eigenvalue weighted by molar-refractivity contribution is 7.98.